The normalized spacial score (nSPS) is 13.0. The van der Waals surface area contributed by atoms with E-state index in [1.165, 1.54) is 0 Å². The number of benzene rings is 1. The van der Waals surface area contributed by atoms with Crippen LogP contribution in [-0.4, -0.2) is 45.3 Å². The first kappa shape index (κ1) is 23.0. The van der Waals surface area contributed by atoms with E-state index in [0.717, 1.165) is 23.5 Å². The Morgan fingerprint density at radius 1 is 1.19 bits per heavy atom. The number of hydrogen-bond acceptors (Lipinski definition) is 5. The predicted molar refractivity (Wildman–Crippen MR) is 117 cm³/mol. The number of rotatable bonds is 8. The molecule has 1 unspecified atom stereocenters. The third-order valence-corrected chi connectivity index (χ3v) is 4.45. The molecule has 3 N–H and O–H groups in total. The first-order valence-corrected chi connectivity index (χ1v) is 10.2. The van der Waals surface area contributed by atoms with E-state index in [9.17, 15) is 13.2 Å². The van der Waals surface area contributed by atoms with E-state index in [0.29, 0.717) is 19.0 Å². The molecule has 3 rings (SSSR count). The van der Waals surface area contributed by atoms with Crippen LogP contribution in [-0.2, 0) is 6.18 Å². The number of aliphatic imine (C=N–C) groups is 1. The van der Waals surface area contributed by atoms with Gasteiger partial charge in [-0.05, 0) is 43.7 Å². The number of hydrogen-bond donors (Lipinski definition) is 3. The van der Waals surface area contributed by atoms with Gasteiger partial charge in [0.05, 0.1) is 18.3 Å². The van der Waals surface area contributed by atoms with E-state index >= 15 is 0 Å². The van der Waals surface area contributed by atoms with Crippen molar-refractivity contribution in [3.63, 3.8) is 0 Å². The van der Waals surface area contributed by atoms with Gasteiger partial charge in [0.1, 0.15) is 5.69 Å². The summed E-state index contributed by atoms with van der Waals surface area (Å²) in [5.74, 6) is 0.507. The number of anilines is 1. The van der Waals surface area contributed by atoms with Gasteiger partial charge in [-0.2, -0.15) is 18.3 Å². The fraction of sp³-hybridized carbons (Fsp3) is 0.333. The average Bonchev–Trinajstić information content (AvgIpc) is 3.31. The lowest BCUT2D eigenvalue weighted by Gasteiger charge is -2.19. The molecule has 0 saturated heterocycles. The van der Waals surface area contributed by atoms with Crippen LogP contribution in [0.5, 0.6) is 0 Å². The minimum atomic E-state index is -4.51. The van der Waals surface area contributed by atoms with Gasteiger partial charge in [0.25, 0.3) is 0 Å². The van der Waals surface area contributed by atoms with Crippen molar-refractivity contribution in [3.05, 3.63) is 66.2 Å². The molecule has 0 radical (unpaired) electrons. The molecule has 32 heavy (non-hydrogen) atoms. The van der Waals surface area contributed by atoms with E-state index in [1.54, 1.807) is 10.9 Å². The number of halogens is 3. The molecule has 0 aliphatic heterocycles. The standard InChI is InChI=1S/C21H25F3N8/c1-3-25-19(27-11-12-28-20-26-10-8-18(31-20)21(22,23)24)30-15(2)16-6-4-7-17(14-16)32-13-5-9-29-32/h4-10,13-15H,3,11-12H2,1-2H3,(H2,25,27,30)(H,26,28,31). The van der Waals surface area contributed by atoms with Crippen LogP contribution in [0.4, 0.5) is 19.1 Å². The maximum absolute atomic E-state index is 12.8. The van der Waals surface area contributed by atoms with Crippen molar-refractivity contribution < 1.29 is 13.2 Å². The second-order valence-corrected chi connectivity index (χ2v) is 6.86. The van der Waals surface area contributed by atoms with Crippen molar-refractivity contribution in [2.75, 3.05) is 25.0 Å². The molecule has 1 aromatic carbocycles. The lowest BCUT2D eigenvalue weighted by atomic mass is 10.1. The predicted octanol–water partition coefficient (Wildman–Crippen LogP) is 3.41. The highest BCUT2D eigenvalue weighted by molar-refractivity contribution is 5.80. The summed E-state index contributed by atoms with van der Waals surface area (Å²) >= 11 is 0. The van der Waals surface area contributed by atoms with E-state index in [-0.39, 0.29) is 18.5 Å². The number of alkyl halides is 3. The Morgan fingerprint density at radius 3 is 2.75 bits per heavy atom. The first-order valence-electron chi connectivity index (χ1n) is 10.2. The third kappa shape index (κ3) is 6.43. The van der Waals surface area contributed by atoms with Crippen LogP contribution >= 0.6 is 0 Å². The molecular weight excluding hydrogens is 421 g/mol. The lowest BCUT2D eigenvalue weighted by molar-refractivity contribution is -0.141. The Kier molecular flexibility index (Phi) is 7.63. The smallest absolute Gasteiger partial charge is 0.357 e. The Balaban J connectivity index is 1.59. The summed E-state index contributed by atoms with van der Waals surface area (Å²) in [6.07, 6.45) is 0.170. The first-order chi connectivity index (χ1) is 15.4. The molecule has 3 aromatic rings. The zero-order valence-electron chi connectivity index (χ0n) is 17.8. The number of nitrogens with zero attached hydrogens (tertiary/aromatic N) is 5. The second kappa shape index (κ2) is 10.6. The molecule has 2 heterocycles. The highest BCUT2D eigenvalue weighted by atomic mass is 19.4. The van der Waals surface area contributed by atoms with Gasteiger partial charge in [0.2, 0.25) is 5.95 Å². The Hall–Kier alpha value is -3.63. The zero-order chi connectivity index (χ0) is 23.0. The molecular formula is C21H25F3N8. The molecule has 8 nitrogen and oxygen atoms in total. The molecule has 0 saturated carbocycles. The van der Waals surface area contributed by atoms with E-state index < -0.39 is 11.9 Å². The Bertz CT molecular complexity index is 1020. The summed E-state index contributed by atoms with van der Waals surface area (Å²) in [6.45, 7) is 5.23. The summed E-state index contributed by atoms with van der Waals surface area (Å²) in [5.41, 5.74) is 1.02. The van der Waals surface area contributed by atoms with Crippen molar-refractivity contribution in [2.45, 2.75) is 26.1 Å². The van der Waals surface area contributed by atoms with E-state index in [1.807, 2.05) is 50.4 Å². The highest BCUT2D eigenvalue weighted by Crippen LogP contribution is 2.27. The van der Waals surface area contributed by atoms with Crippen LogP contribution in [0.15, 0.2) is 60.0 Å². The van der Waals surface area contributed by atoms with Gasteiger partial charge in [-0.25, -0.2) is 14.6 Å². The summed E-state index contributed by atoms with van der Waals surface area (Å²) in [6, 6.07) is 10.7. The van der Waals surface area contributed by atoms with Crippen LogP contribution < -0.4 is 16.0 Å². The fourth-order valence-electron chi connectivity index (χ4n) is 2.90. The van der Waals surface area contributed by atoms with Crippen LogP contribution in [0.3, 0.4) is 0 Å². The Morgan fingerprint density at radius 2 is 2.03 bits per heavy atom. The van der Waals surface area contributed by atoms with Gasteiger partial charge in [-0.15, -0.1) is 0 Å². The summed E-state index contributed by atoms with van der Waals surface area (Å²) in [5, 5.41) is 13.5. The molecule has 0 fully saturated rings. The quantitative estimate of drug-likeness (QED) is 0.279. The van der Waals surface area contributed by atoms with Gasteiger partial charge in [0, 0.05) is 31.7 Å². The Labute approximate surface area is 184 Å². The lowest BCUT2D eigenvalue weighted by Crippen LogP contribution is -2.39. The van der Waals surface area contributed by atoms with Gasteiger partial charge in [0.15, 0.2) is 5.96 Å². The van der Waals surface area contributed by atoms with Gasteiger partial charge < -0.3 is 16.0 Å². The molecule has 2 aromatic heterocycles. The zero-order valence-corrected chi connectivity index (χ0v) is 17.8. The van der Waals surface area contributed by atoms with Crippen molar-refractivity contribution >= 4 is 11.9 Å². The van der Waals surface area contributed by atoms with Crippen molar-refractivity contribution in [2.24, 2.45) is 4.99 Å². The van der Waals surface area contributed by atoms with Crippen molar-refractivity contribution in [3.8, 4) is 5.69 Å². The fourth-order valence-corrected chi connectivity index (χ4v) is 2.90. The van der Waals surface area contributed by atoms with Gasteiger partial charge >= 0.3 is 6.18 Å². The molecule has 0 aliphatic carbocycles. The van der Waals surface area contributed by atoms with Crippen LogP contribution in [0.1, 0.15) is 31.1 Å². The van der Waals surface area contributed by atoms with Gasteiger partial charge in [-0.1, -0.05) is 12.1 Å². The third-order valence-electron chi connectivity index (χ3n) is 4.45. The molecule has 11 heteroatoms. The van der Waals surface area contributed by atoms with E-state index in [2.05, 4.69) is 36.0 Å². The van der Waals surface area contributed by atoms with Crippen LogP contribution in [0.25, 0.3) is 5.69 Å². The molecule has 0 bridgehead atoms. The maximum atomic E-state index is 12.8. The van der Waals surface area contributed by atoms with Crippen LogP contribution in [0.2, 0.25) is 0 Å². The molecule has 170 valence electrons. The monoisotopic (exact) mass is 446 g/mol. The summed E-state index contributed by atoms with van der Waals surface area (Å²) in [4.78, 5) is 11.8. The van der Waals surface area contributed by atoms with Crippen LogP contribution in [0, 0.1) is 0 Å². The summed E-state index contributed by atoms with van der Waals surface area (Å²) in [7, 11) is 0. The second-order valence-electron chi connectivity index (χ2n) is 6.86. The topological polar surface area (TPSA) is 92.0 Å². The summed E-state index contributed by atoms with van der Waals surface area (Å²) < 4.78 is 40.0. The SMILES string of the molecule is CCNC(=NCCNc1nccc(C(F)(F)F)n1)NC(C)c1cccc(-n2cccn2)c1. The molecule has 0 spiro atoms. The molecule has 0 aliphatic rings. The molecule has 0 amide bonds. The van der Waals surface area contributed by atoms with Crippen molar-refractivity contribution in [1.29, 1.82) is 0 Å². The van der Waals surface area contributed by atoms with Gasteiger partial charge in [-0.3, -0.25) is 4.99 Å². The highest BCUT2D eigenvalue weighted by Gasteiger charge is 2.32. The number of guanidine groups is 1. The minimum absolute atomic E-state index is 0.0388. The molecule has 1 atom stereocenters. The number of aromatic nitrogens is 4. The minimum Gasteiger partial charge on any atom is -0.357 e. The van der Waals surface area contributed by atoms with E-state index in [4.69, 9.17) is 0 Å². The average molecular weight is 446 g/mol. The number of nitrogens with one attached hydrogen (secondary N) is 3. The maximum Gasteiger partial charge on any atom is 0.433 e. The van der Waals surface area contributed by atoms with Crippen molar-refractivity contribution in [1.82, 2.24) is 30.4 Å². The largest absolute Gasteiger partial charge is 0.433 e.